The van der Waals surface area contributed by atoms with Gasteiger partial charge < -0.3 is 24.7 Å². The van der Waals surface area contributed by atoms with Gasteiger partial charge in [0, 0.05) is 63.1 Å². The number of hydrogen-bond acceptors (Lipinski definition) is 9. The van der Waals surface area contributed by atoms with Crippen molar-refractivity contribution >= 4 is 44.9 Å². The molecule has 10 nitrogen and oxygen atoms in total. The zero-order valence-corrected chi connectivity index (χ0v) is 32.7. The van der Waals surface area contributed by atoms with E-state index in [4.69, 9.17) is 4.74 Å². The average Bonchev–Trinajstić information content (AvgIpc) is 3.76. The second-order valence-corrected chi connectivity index (χ2v) is 15.4. The van der Waals surface area contributed by atoms with E-state index in [1.54, 1.807) is 65.6 Å². The summed E-state index contributed by atoms with van der Waals surface area (Å²) < 4.78 is 6.88. The van der Waals surface area contributed by atoms with Gasteiger partial charge in [0.05, 0.1) is 0 Å². The van der Waals surface area contributed by atoms with Crippen molar-refractivity contribution in [1.29, 1.82) is 0 Å². The standard InChI is InChI=1S/C46H45N3O7S/c1-2-48(25-8-6-4-3-5-7-10-30-11-9-12-36-38(30)29-49(46(36)55)39-23-24-41(52)47-45(39)54)26-27-56-35-20-15-31(16-21-35)43(53)42-37-22-19-34(51)28-40(37)57-44(42)32-13-17-33(50)18-14-32/h9,11-22,28,39,50-51H,2-6,8,23-27,29H2,1H3,(H,47,52,54). The maximum atomic E-state index is 13.9. The number of carbonyl (C=O) groups excluding carboxylic acids is 4. The summed E-state index contributed by atoms with van der Waals surface area (Å²) in [4.78, 5) is 55.7. The number of thiophene rings is 1. The number of piperidine rings is 1. The number of ether oxygens (including phenoxy) is 1. The number of ketones is 1. The van der Waals surface area contributed by atoms with Gasteiger partial charge in [-0.25, -0.2) is 0 Å². The minimum atomic E-state index is -0.637. The number of amides is 3. The highest BCUT2D eigenvalue weighted by atomic mass is 32.1. The summed E-state index contributed by atoms with van der Waals surface area (Å²) in [5.41, 5.74) is 4.17. The molecule has 2 aliphatic heterocycles. The molecule has 0 spiro atoms. The Morgan fingerprint density at radius 3 is 2.47 bits per heavy atom. The van der Waals surface area contributed by atoms with Gasteiger partial charge in [0.1, 0.15) is 29.9 Å². The van der Waals surface area contributed by atoms with E-state index in [1.807, 2.05) is 24.3 Å². The normalized spacial score (nSPS) is 15.1. The van der Waals surface area contributed by atoms with E-state index in [2.05, 4.69) is 29.0 Å². The Hall–Kier alpha value is -5.96. The third kappa shape index (κ3) is 9.04. The van der Waals surface area contributed by atoms with Crippen LogP contribution in [0, 0.1) is 11.8 Å². The SMILES string of the molecule is CCN(CCCCCCC#Cc1cccc2c1CN(C1CCC(=O)NC1=O)C2=O)CCOc1ccc(C(=O)c2c(-c3ccc(O)cc3)sc3cc(O)ccc23)cc1. The van der Waals surface area contributed by atoms with Crippen LogP contribution in [0.25, 0.3) is 20.5 Å². The number of unbranched alkanes of at least 4 members (excludes halogenated alkanes) is 4. The Morgan fingerprint density at radius 2 is 1.70 bits per heavy atom. The molecular formula is C46H45N3O7S. The summed E-state index contributed by atoms with van der Waals surface area (Å²) in [6, 6.07) is 23.9. The number of likely N-dealkylation sites (N-methyl/N-ethyl adjacent to an activating group) is 1. The Bertz CT molecular complexity index is 2360. The van der Waals surface area contributed by atoms with Crippen LogP contribution in [0.15, 0.2) is 84.9 Å². The van der Waals surface area contributed by atoms with Gasteiger partial charge in [-0.05, 0) is 122 Å². The van der Waals surface area contributed by atoms with Crippen LogP contribution in [0.3, 0.4) is 0 Å². The van der Waals surface area contributed by atoms with Crippen LogP contribution in [-0.4, -0.2) is 75.8 Å². The van der Waals surface area contributed by atoms with Crippen molar-refractivity contribution in [1.82, 2.24) is 15.1 Å². The zero-order valence-electron chi connectivity index (χ0n) is 31.9. The number of aromatic hydroxyl groups is 2. The van der Waals surface area contributed by atoms with Crippen LogP contribution in [0.5, 0.6) is 17.2 Å². The van der Waals surface area contributed by atoms with E-state index < -0.39 is 11.9 Å². The lowest BCUT2D eigenvalue weighted by atomic mass is 9.97. The molecule has 3 heterocycles. The molecule has 7 rings (SSSR count). The second kappa shape index (κ2) is 17.9. The van der Waals surface area contributed by atoms with E-state index in [-0.39, 0.29) is 35.5 Å². The van der Waals surface area contributed by atoms with Crippen LogP contribution >= 0.6 is 11.3 Å². The minimum absolute atomic E-state index is 0.122. The lowest BCUT2D eigenvalue weighted by molar-refractivity contribution is -0.136. The van der Waals surface area contributed by atoms with E-state index in [0.29, 0.717) is 42.0 Å². The highest BCUT2D eigenvalue weighted by Crippen LogP contribution is 2.41. The molecule has 1 atom stereocenters. The average molecular weight is 784 g/mol. The van der Waals surface area contributed by atoms with Crippen molar-refractivity contribution < 1.29 is 34.1 Å². The van der Waals surface area contributed by atoms with E-state index in [0.717, 1.165) is 83.4 Å². The second-order valence-electron chi connectivity index (χ2n) is 14.4. The van der Waals surface area contributed by atoms with Crippen LogP contribution in [0.4, 0.5) is 0 Å². The molecule has 1 saturated heterocycles. The number of nitrogens with one attached hydrogen (secondary N) is 1. The van der Waals surface area contributed by atoms with Crippen molar-refractivity contribution in [2.75, 3.05) is 26.2 Å². The fourth-order valence-electron chi connectivity index (χ4n) is 7.46. The number of imide groups is 1. The first-order valence-corrected chi connectivity index (χ1v) is 20.3. The molecule has 1 fully saturated rings. The Balaban J connectivity index is 0.840. The molecular weight excluding hydrogens is 739 g/mol. The third-order valence-corrected chi connectivity index (χ3v) is 11.8. The smallest absolute Gasteiger partial charge is 0.255 e. The molecule has 0 aliphatic carbocycles. The minimum Gasteiger partial charge on any atom is -0.508 e. The summed E-state index contributed by atoms with van der Waals surface area (Å²) in [5, 5.41) is 23.0. The summed E-state index contributed by atoms with van der Waals surface area (Å²) >= 11 is 1.43. The van der Waals surface area contributed by atoms with E-state index in [9.17, 15) is 29.4 Å². The molecule has 292 valence electrons. The van der Waals surface area contributed by atoms with E-state index in [1.165, 1.54) is 11.3 Å². The Kier molecular flexibility index (Phi) is 12.3. The van der Waals surface area contributed by atoms with Crippen molar-refractivity contribution in [3.8, 4) is 39.5 Å². The molecule has 11 heteroatoms. The van der Waals surface area contributed by atoms with Crippen LogP contribution < -0.4 is 10.1 Å². The molecule has 0 radical (unpaired) electrons. The molecule has 1 unspecified atom stereocenters. The largest absolute Gasteiger partial charge is 0.508 e. The fraction of sp³-hybridized carbons (Fsp3) is 0.304. The Morgan fingerprint density at radius 1 is 0.930 bits per heavy atom. The number of nitrogens with zero attached hydrogens (tertiary/aromatic N) is 2. The zero-order chi connectivity index (χ0) is 39.9. The molecule has 5 aromatic rings. The number of benzene rings is 4. The van der Waals surface area contributed by atoms with Gasteiger partial charge in [-0.3, -0.25) is 24.5 Å². The molecule has 2 aliphatic rings. The maximum absolute atomic E-state index is 13.9. The summed E-state index contributed by atoms with van der Waals surface area (Å²) in [6.07, 6.45) is 5.56. The third-order valence-electron chi connectivity index (χ3n) is 10.6. The molecule has 0 bridgehead atoms. The highest BCUT2D eigenvalue weighted by molar-refractivity contribution is 7.22. The van der Waals surface area contributed by atoms with Gasteiger partial charge >= 0.3 is 0 Å². The van der Waals surface area contributed by atoms with Crippen LogP contribution in [0.1, 0.15) is 89.3 Å². The Labute approximate surface area is 336 Å². The summed E-state index contributed by atoms with van der Waals surface area (Å²) in [6.45, 7) is 5.68. The van der Waals surface area contributed by atoms with Crippen molar-refractivity contribution in [2.45, 2.75) is 64.5 Å². The number of phenolic OH excluding ortho intramolecular Hbond substituents is 2. The van der Waals surface area contributed by atoms with Gasteiger partial charge in [-0.1, -0.05) is 37.7 Å². The summed E-state index contributed by atoms with van der Waals surface area (Å²) in [5.74, 6) is 6.50. The highest BCUT2D eigenvalue weighted by Gasteiger charge is 2.39. The van der Waals surface area contributed by atoms with Gasteiger partial charge in [0.2, 0.25) is 11.8 Å². The van der Waals surface area contributed by atoms with Gasteiger partial charge in [0.15, 0.2) is 5.78 Å². The topological polar surface area (TPSA) is 136 Å². The lowest BCUT2D eigenvalue weighted by Gasteiger charge is -2.29. The number of phenols is 2. The van der Waals surface area contributed by atoms with Crippen LogP contribution in [0.2, 0.25) is 0 Å². The first-order valence-electron chi connectivity index (χ1n) is 19.5. The monoisotopic (exact) mass is 783 g/mol. The molecule has 3 N–H and O–H groups in total. The first-order chi connectivity index (χ1) is 27.7. The lowest BCUT2D eigenvalue weighted by Crippen LogP contribution is -2.52. The predicted octanol–water partition coefficient (Wildman–Crippen LogP) is 7.67. The number of fused-ring (bicyclic) bond motifs is 2. The van der Waals surface area contributed by atoms with Crippen molar-refractivity contribution in [3.63, 3.8) is 0 Å². The molecule has 3 amide bonds. The van der Waals surface area contributed by atoms with Gasteiger partial charge in [-0.2, -0.15) is 0 Å². The predicted molar refractivity (Wildman–Crippen MR) is 221 cm³/mol. The quantitative estimate of drug-likeness (QED) is 0.0426. The molecule has 0 saturated carbocycles. The number of carbonyl (C=O) groups is 4. The van der Waals surface area contributed by atoms with Gasteiger partial charge in [0.25, 0.3) is 5.91 Å². The maximum Gasteiger partial charge on any atom is 0.255 e. The fourth-order valence-corrected chi connectivity index (χ4v) is 8.70. The summed E-state index contributed by atoms with van der Waals surface area (Å²) in [7, 11) is 0. The number of rotatable bonds is 15. The van der Waals surface area contributed by atoms with E-state index >= 15 is 0 Å². The first kappa shape index (κ1) is 39.3. The van der Waals surface area contributed by atoms with Crippen molar-refractivity contribution in [3.05, 3.63) is 113 Å². The van der Waals surface area contributed by atoms with Crippen LogP contribution in [-0.2, 0) is 16.1 Å². The number of hydrogen-bond donors (Lipinski definition) is 3. The molecule has 1 aromatic heterocycles. The van der Waals surface area contributed by atoms with Gasteiger partial charge in [-0.15, -0.1) is 11.3 Å². The molecule has 4 aromatic carbocycles. The van der Waals surface area contributed by atoms with Crippen molar-refractivity contribution in [2.24, 2.45) is 0 Å². The molecule has 57 heavy (non-hydrogen) atoms.